The summed E-state index contributed by atoms with van der Waals surface area (Å²) in [6.07, 6.45) is -0.468. The van der Waals surface area contributed by atoms with Crippen LogP contribution >= 0.6 is 12.2 Å². The Morgan fingerprint density at radius 1 is 1.26 bits per heavy atom. The molecule has 0 fully saturated rings. The monoisotopic (exact) mass is 284 g/mol. The molecule has 1 aromatic rings. The molecule has 0 saturated carbocycles. The number of alkyl carbamates (subject to hydrolysis) is 1. The first-order valence-electron chi connectivity index (χ1n) is 5.88. The molecule has 6 nitrogen and oxygen atoms in total. The van der Waals surface area contributed by atoms with Crippen molar-refractivity contribution in [1.82, 2.24) is 10.3 Å². The van der Waals surface area contributed by atoms with Gasteiger partial charge in [0.25, 0.3) is 0 Å². The summed E-state index contributed by atoms with van der Waals surface area (Å²) in [5.41, 5.74) is 1.21. The highest BCUT2D eigenvalue weighted by molar-refractivity contribution is 7.80. The van der Waals surface area contributed by atoms with Gasteiger partial charge in [-0.15, -0.1) is 0 Å². The summed E-state index contributed by atoms with van der Waals surface area (Å²) in [6.45, 7) is 4.06. The number of hydrogen-bond donors (Lipinski definition) is 2. The number of thiocarbonyl (C=S) groups is 1. The zero-order chi connectivity index (χ0) is 14.3. The standard InChI is InChI=1S/C12H16N2O4S/c1-3-17-10(15)7-8-5-6-9(13-8)11(19)14-12(16)18-4-2/h5-6,13H,3-4,7H2,1-2H3,(H,14,16,19). The van der Waals surface area contributed by atoms with Gasteiger partial charge in [0.15, 0.2) is 0 Å². The molecule has 0 aliphatic carbocycles. The molecule has 2 N–H and O–H groups in total. The molecular formula is C12H16N2O4S. The number of aromatic nitrogens is 1. The first-order valence-corrected chi connectivity index (χ1v) is 6.29. The van der Waals surface area contributed by atoms with Crippen LogP contribution in [0.1, 0.15) is 25.2 Å². The van der Waals surface area contributed by atoms with Crippen LogP contribution in [-0.2, 0) is 20.7 Å². The van der Waals surface area contributed by atoms with E-state index in [1.807, 2.05) is 0 Å². The summed E-state index contributed by atoms with van der Waals surface area (Å²) in [5.74, 6) is -0.319. The molecule has 0 aromatic carbocycles. The fourth-order valence-electron chi connectivity index (χ4n) is 1.37. The summed E-state index contributed by atoms with van der Waals surface area (Å²) in [5, 5.41) is 2.41. The van der Waals surface area contributed by atoms with E-state index in [1.165, 1.54) is 0 Å². The molecule has 104 valence electrons. The Morgan fingerprint density at radius 3 is 2.58 bits per heavy atom. The predicted octanol–water partition coefficient (Wildman–Crippen LogP) is 1.54. The Hall–Kier alpha value is -1.89. The van der Waals surface area contributed by atoms with Gasteiger partial charge in [-0.2, -0.15) is 0 Å². The smallest absolute Gasteiger partial charge is 0.412 e. The summed E-state index contributed by atoms with van der Waals surface area (Å²) >= 11 is 5.03. The Kier molecular flexibility index (Phi) is 6.01. The van der Waals surface area contributed by atoms with E-state index in [0.29, 0.717) is 18.0 Å². The predicted molar refractivity (Wildman–Crippen MR) is 73.0 cm³/mol. The third kappa shape index (κ3) is 5.09. The van der Waals surface area contributed by atoms with Crippen molar-refractivity contribution in [3.05, 3.63) is 23.5 Å². The van der Waals surface area contributed by atoms with Gasteiger partial charge < -0.3 is 14.5 Å². The third-order valence-electron chi connectivity index (χ3n) is 2.12. The summed E-state index contributed by atoms with van der Waals surface area (Å²) < 4.78 is 9.54. The van der Waals surface area contributed by atoms with E-state index >= 15 is 0 Å². The largest absolute Gasteiger partial charge is 0.466 e. The number of nitrogens with one attached hydrogen (secondary N) is 2. The number of rotatable bonds is 5. The van der Waals surface area contributed by atoms with Crippen molar-refractivity contribution in [1.29, 1.82) is 0 Å². The number of H-pyrrole nitrogens is 1. The molecular weight excluding hydrogens is 268 g/mol. The van der Waals surface area contributed by atoms with Crippen molar-refractivity contribution in [2.75, 3.05) is 13.2 Å². The van der Waals surface area contributed by atoms with Gasteiger partial charge in [0.05, 0.1) is 25.3 Å². The van der Waals surface area contributed by atoms with Crippen molar-refractivity contribution in [3.63, 3.8) is 0 Å². The second-order valence-corrected chi connectivity index (χ2v) is 3.96. The average Bonchev–Trinajstić information content (AvgIpc) is 2.78. The van der Waals surface area contributed by atoms with Crippen molar-refractivity contribution in [2.45, 2.75) is 20.3 Å². The van der Waals surface area contributed by atoms with Crippen molar-refractivity contribution in [3.8, 4) is 0 Å². The van der Waals surface area contributed by atoms with E-state index in [-0.39, 0.29) is 24.0 Å². The third-order valence-corrected chi connectivity index (χ3v) is 2.44. The van der Waals surface area contributed by atoms with Crippen LogP contribution in [0.5, 0.6) is 0 Å². The number of carbonyl (C=O) groups excluding carboxylic acids is 2. The maximum Gasteiger partial charge on any atom is 0.412 e. The maximum atomic E-state index is 11.3. The maximum absolute atomic E-state index is 11.3. The molecule has 1 amide bonds. The lowest BCUT2D eigenvalue weighted by Crippen LogP contribution is -2.30. The average molecular weight is 284 g/mol. The van der Waals surface area contributed by atoms with Crippen LogP contribution in [0.3, 0.4) is 0 Å². The van der Waals surface area contributed by atoms with E-state index in [9.17, 15) is 9.59 Å². The van der Waals surface area contributed by atoms with Crippen LogP contribution in [0, 0.1) is 0 Å². The molecule has 7 heteroatoms. The van der Waals surface area contributed by atoms with E-state index in [4.69, 9.17) is 21.7 Å². The molecule has 0 unspecified atom stereocenters. The van der Waals surface area contributed by atoms with Crippen molar-refractivity contribution >= 4 is 29.3 Å². The van der Waals surface area contributed by atoms with Gasteiger partial charge in [-0.05, 0) is 26.0 Å². The molecule has 0 aliphatic heterocycles. The van der Waals surface area contributed by atoms with Gasteiger partial charge >= 0.3 is 12.1 Å². The lowest BCUT2D eigenvalue weighted by atomic mass is 10.3. The zero-order valence-electron chi connectivity index (χ0n) is 10.8. The minimum Gasteiger partial charge on any atom is -0.466 e. The summed E-state index contributed by atoms with van der Waals surface area (Å²) in [6, 6.07) is 3.40. The van der Waals surface area contributed by atoms with Crippen molar-refractivity contribution in [2.24, 2.45) is 0 Å². The van der Waals surface area contributed by atoms with Crippen LogP contribution in [0.15, 0.2) is 12.1 Å². The van der Waals surface area contributed by atoms with Gasteiger partial charge in [0.1, 0.15) is 4.99 Å². The van der Waals surface area contributed by atoms with Crippen LogP contribution in [0.25, 0.3) is 0 Å². The Balaban J connectivity index is 2.56. The number of aromatic amines is 1. The lowest BCUT2D eigenvalue weighted by molar-refractivity contribution is -0.142. The Morgan fingerprint density at radius 2 is 1.95 bits per heavy atom. The second-order valence-electron chi connectivity index (χ2n) is 3.55. The van der Waals surface area contributed by atoms with Crippen LogP contribution in [0.2, 0.25) is 0 Å². The van der Waals surface area contributed by atoms with Crippen LogP contribution in [0.4, 0.5) is 4.79 Å². The lowest BCUT2D eigenvalue weighted by Gasteiger charge is -2.05. The van der Waals surface area contributed by atoms with Crippen LogP contribution in [-0.4, -0.2) is 35.2 Å². The summed E-state index contributed by atoms with van der Waals surface area (Å²) in [7, 11) is 0. The molecule has 1 rings (SSSR count). The molecule has 19 heavy (non-hydrogen) atoms. The van der Waals surface area contributed by atoms with E-state index in [2.05, 4.69) is 10.3 Å². The molecule has 0 spiro atoms. The molecule has 0 radical (unpaired) electrons. The minimum absolute atomic E-state index is 0.135. The molecule has 0 atom stereocenters. The molecule has 1 aromatic heterocycles. The fourth-order valence-corrected chi connectivity index (χ4v) is 1.57. The van der Waals surface area contributed by atoms with E-state index in [0.717, 1.165) is 0 Å². The number of hydrogen-bond acceptors (Lipinski definition) is 5. The Labute approximate surface area is 116 Å². The van der Waals surface area contributed by atoms with Gasteiger partial charge in [0.2, 0.25) is 0 Å². The number of amides is 1. The number of esters is 1. The highest BCUT2D eigenvalue weighted by atomic mass is 32.1. The van der Waals surface area contributed by atoms with Crippen molar-refractivity contribution < 1.29 is 19.1 Å². The van der Waals surface area contributed by atoms with E-state index in [1.54, 1.807) is 26.0 Å². The van der Waals surface area contributed by atoms with E-state index < -0.39 is 6.09 Å². The Bertz CT molecular complexity index is 470. The summed E-state index contributed by atoms with van der Waals surface area (Å²) in [4.78, 5) is 25.6. The van der Waals surface area contributed by atoms with Gasteiger partial charge in [-0.1, -0.05) is 12.2 Å². The molecule has 0 aliphatic rings. The zero-order valence-corrected chi connectivity index (χ0v) is 11.6. The highest BCUT2D eigenvalue weighted by Gasteiger charge is 2.11. The fraction of sp³-hybridized carbons (Fsp3) is 0.417. The molecule has 0 bridgehead atoms. The quantitative estimate of drug-likeness (QED) is 0.633. The first kappa shape index (κ1) is 15.2. The van der Waals surface area contributed by atoms with Gasteiger partial charge in [-0.3, -0.25) is 10.1 Å². The van der Waals surface area contributed by atoms with Crippen LogP contribution < -0.4 is 5.32 Å². The second kappa shape index (κ2) is 7.52. The van der Waals surface area contributed by atoms with Gasteiger partial charge in [0, 0.05) is 5.69 Å². The molecule has 1 heterocycles. The number of carbonyl (C=O) groups is 2. The first-order chi connectivity index (χ1) is 9.06. The number of ether oxygens (including phenoxy) is 2. The molecule has 0 saturated heterocycles. The SMILES string of the molecule is CCOC(=O)Cc1ccc(C(=S)NC(=O)OCC)[nH]1. The van der Waals surface area contributed by atoms with Gasteiger partial charge in [-0.25, -0.2) is 4.79 Å². The normalized spacial score (nSPS) is 9.79. The topological polar surface area (TPSA) is 80.4 Å². The minimum atomic E-state index is -0.603. The highest BCUT2D eigenvalue weighted by Crippen LogP contribution is 2.04.